The average Bonchev–Trinajstić information content (AvgIpc) is 2.57. The van der Waals surface area contributed by atoms with Crippen molar-refractivity contribution in [3.05, 3.63) is 65.5 Å². The molecule has 0 atom stereocenters. The van der Waals surface area contributed by atoms with E-state index in [4.69, 9.17) is 0 Å². The van der Waals surface area contributed by atoms with E-state index in [1.54, 1.807) is 18.2 Å². The van der Waals surface area contributed by atoms with Gasteiger partial charge in [0.2, 0.25) is 0 Å². The predicted molar refractivity (Wildman–Crippen MR) is 92.0 cm³/mol. The van der Waals surface area contributed by atoms with E-state index in [1.807, 2.05) is 24.3 Å². The Kier molecular flexibility index (Phi) is 5.48. The fourth-order valence-electron chi connectivity index (χ4n) is 3.47. The Morgan fingerprint density at radius 1 is 0.958 bits per heavy atom. The monoisotopic (exact) mass is 329 g/mol. The van der Waals surface area contributed by atoms with Gasteiger partial charge in [-0.2, -0.15) is 0 Å². The zero-order valence-electron chi connectivity index (χ0n) is 13.7. The molecular formula is C20H24FNO2. The van der Waals surface area contributed by atoms with Gasteiger partial charge in [0.25, 0.3) is 0 Å². The van der Waals surface area contributed by atoms with Crippen LogP contribution in [0.15, 0.2) is 48.5 Å². The molecule has 1 aliphatic rings. The van der Waals surface area contributed by atoms with Gasteiger partial charge < -0.3 is 10.2 Å². The zero-order chi connectivity index (χ0) is 16.9. The predicted octanol–water partition coefficient (Wildman–Crippen LogP) is 3.84. The minimum absolute atomic E-state index is 0.186. The van der Waals surface area contributed by atoms with Gasteiger partial charge in [-0.15, -0.1) is 0 Å². The summed E-state index contributed by atoms with van der Waals surface area (Å²) >= 11 is 0. The van der Waals surface area contributed by atoms with Crippen molar-refractivity contribution < 1.29 is 14.6 Å². The number of hydrogen-bond donors (Lipinski definition) is 2. The summed E-state index contributed by atoms with van der Waals surface area (Å²) in [5, 5.41) is 19.5. The summed E-state index contributed by atoms with van der Waals surface area (Å²) in [7, 11) is 0. The van der Waals surface area contributed by atoms with Gasteiger partial charge in [0, 0.05) is 24.7 Å². The number of phenols is 1. The molecule has 3 rings (SSSR count). The number of hydrogen-bond acceptors (Lipinski definition) is 3. The van der Waals surface area contributed by atoms with Crippen LogP contribution < -0.4 is 0 Å². The van der Waals surface area contributed by atoms with Crippen LogP contribution in [0.2, 0.25) is 0 Å². The molecule has 1 fully saturated rings. The molecule has 0 spiro atoms. The first-order chi connectivity index (χ1) is 11.6. The minimum atomic E-state index is -0.211. The Balaban J connectivity index is 1.79. The number of aromatic hydroxyl groups is 1. The number of aliphatic hydroxyl groups is 1. The van der Waals surface area contributed by atoms with E-state index >= 15 is 0 Å². The topological polar surface area (TPSA) is 43.7 Å². The minimum Gasteiger partial charge on any atom is -0.508 e. The van der Waals surface area contributed by atoms with Crippen molar-refractivity contribution in [2.45, 2.75) is 50.9 Å². The van der Waals surface area contributed by atoms with Gasteiger partial charge in [-0.25, -0.2) is 4.39 Å². The summed E-state index contributed by atoms with van der Waals surface area (Å²) < 4.78 is 14.1. The lowest BCUT2D eigenvalue weighted by Crippen LogP contribution is -2.38. The normalized spacial score (nSPS) is 21.1. The molecule has 0 bridgehead atoms. The van der Waals surface area contributed by atoms with Crippen molar-refractivity contribution in [1.82, 2.24) is 4.90 Å². The molecular weight excluding hydrogens is 305 g/mol. The molecule has 4 heteroatoms. The zero-order valence-corrected chi connectivity index (χ0v) is 13.7. The van der Waals surface area contributed by atoms with Crippen LogP contribution in [0.4, 0.5) is 4.39 Å². The summed E-state index contributed by atoms with van der Waals surface area (Å²) in [6.07, 6.45) is 3.19. The smallest absolute Gasteiger partial charge is 0.127 e. The molecule has 3 nitrogen and oxygen atoms in total. The van der Waals surface area contributed by atoms with Crippen LogP contribution in [-0.4, -0.2) is 27.3 Å². The Labute approximate surface area is 142 Å². The van der Waals surface area contributed by atoms with E-state index in [1.165, 1.54) is 6.07 Å². The molecule has 2 N–H and O–H groups in total. The molecule has 0 amide bonds. The fraction of sp³-hybridized carbons (Fsp3) is 0.400. The van der Waals surface area contributed by atoms with E-state index in [0.717, 1.165) is 31.2 Å². The molecule has 128 valence electrons. The van der Waals surface area contributed by atoms with E-state index in [9.17, 15) is 14.6 Å². The van der Waals surface area contributed by atoms with Crippen molar-refractivity contribution >= 4 is 0 Å². The Hall–Kier alpha value is -1.91. The van der Waals surface area contributed by atoms with Crippen LogP contribution >= 0.6 is 0 Å². The van der Waals surface area contributed by atoms with Crippen molar-refractivity contribution in [1.29, 1.82) is 0 Å². The number of halogens is 1. The number of aliphatic hydroxyl groups excluding tert-OH is 1. The standard InChI is InChI=1S/C20H24FNO2/c21-20-7-2-1-5-16(20)14-22(17-8-10-18(23)11-9-17)13-15-4-3-6-19(24)12-15/h1-7,12,17-18,23-24H,8-11,13-14H2. The van der Waals surface area contributed by atoms with Crippen molar-refractivity contribution in [2.24, 2.45) is 0 Å². The Morgan fingerprint density at radius 3 is 2.42 bits per heavy atom. The lowest BCUT2D eigenvalue weighted by molar-refractivity contribution is 0.0660. The van der Waals surface area contributed by atoms with E-state index in [-0.39, 0.29) is 17.7 Å². The maximum atomic E-state index is 14.1. The van der Waals surface area contributed by atoms with Gasteiger partial charge in [0.05, 0.1) is 6.10 Å². The lowest BCUT2D eigenvalue weighted by atomic mass is 9.91. The second kappa shape index (κ2) is 7.77. The summed E-state index contributed by atoms with van der Waals surface area (Å²) in [5.41, 5.74) is 1.70. The van der Waals surface area contributed by atoms with Crippen LogP contribution in [0, 0.1) is 5.82 Å². The third kappa shape index (κ3) is 4.34. The Bertz CT molecular complexity index is 668. The Morgan fingerprint density at radius 2 is 1.71 bits per heavy atom. The van der Waals surface area contributed by atoms with Gasteiger partial charge in [-0.3, -0.25) is 4.90 Å². The van der Waals surface area contributed by atoms with Crippen LogP contribution in [0.3, 0.4) is 0 Å². The largest absolute Gasteiger partial charge is 0.508 e. The highest BCUT2D eigenvalue weighted by Gasteiger charge is 2.25. The number of rotatable bonds is 5. The molecule has 0 radical (unpaired) electrons. The summed E-state index contributed by atoms with van der Waals surface area (Å²) in [4.78, 5) is 2.26. The number of benzene rings is 2. The van der Waals surface area contributed by atoms with Gasteiger partial charge in [0.15, 0.2) is 0 Å². The second-order valence-corrected chi connectivity index (χ2v) is 6.63. The SMILES string of the molecule is Oc1cccc(CN(Cc2ccccc2F)C2CCC(O)CC2)c1. The summed E-state index contributed by atoms with van der Waals surface area (Å²) in [5.74, 6) is 0.0617. The van der Waals surface area contributed by atoms with Gasteiger partial charge in [-0.05, 0) is 49.4 Å². The third-order valence-corrected chi connectivity index (χ3v) is 4.81. The first kappa shape index (κ1) is 16.9. The quantitative estimate of drug-likeness (QED) is 0.876. The van der Waals surface area contributed by atoms with E-state index in [2.05, 4.69) is 4.90 Å². The molecule has 0 aliphatic heterocycles. The van der Waals surface area contributed by atoms with Crippen LogP contribution in [0.5, 0.6) is 5.75 Å². The van der Waals surface area contributed by atoms with Crippen LogP contribution in [0.1, 0.15) is 36.8 Å². The highest BCUT2D eigenvalue weighted by molar-refractivity contribution is 5.27. The first-order valence-corrected chi connectivity index (χ1v) is 8.55. The van der Waals surface area contributed by atoms with Gasteiger partial charge in [-0.1, -0.05) is 30.3 Å². The molecule has 0 unspecified atom stereocenters. The molecule has 0 saturated heterocycles. The molecule has 1 saturated carbocycles. The van der Waals surface area contributed by atoms with Crippen LogP contribution in [-0.2, 0) is 13.1 Å². The second-order valence-electron chi connectivity index (χ2n) is 6.63. The van der Waals surface area contributed by atoms with Crippen LogP contribution in [0.25, 0.3) is 0 Å². The number of phenolic OH excluding ortho intramolecular Hbond substituents is 1. The maximum absolute atomic E-state index is 14.1. The highest BCUT2D eigenvalue weighted by atomic mass is 19.1. The van der Waals surface area contributed by atoms with Crippen molar-refractivity contribution in [3.63, 3.8) is 0 Å². The summed E-state index contributed by atoms with van der Waals surface area (Å²) in [6.45, 7) is 1.19. The molecule has 0 heterocycles. The average molecular weight is 329 g/mol. The molecule has 24 heavy (non-hydrogen) atoms. The van der Waals surface area contributed by atoms with Crippen molar-refractivity contribution in [3.8, 4) is 5.75 Å². The molecule has 1 aliphatic carbocycles. The van der Waals surface area contributed by atoms with E-state index in [0.29, 0.717) is 24.7 Å². The fourth-order valence-corrected chi connectivity index (χ4v) is 3.47. The highest BCUT2D eigenvalue weighted by Crippen LogP contribution is 2.27. The van der Waals surface area contributed by atoms with Gasteiger partial charge >= 0.3 is 0 Å². The first-order valence-electron chi connectivity index (χ1n) is 8.55. The number of nitrogens with zero attached hydrogens (tertiary/aromatic N) is 1. The summed E-state index contributed by atoms with van der Waals surface area (Å²) in [6, 6.07) is 14.4. The third-order valence-electron chi connectivity index (χ3n) is 4.81. The molecule has 0 aromatic heterocycles. The van der Waals surface area contributed by atoms with E-state index < -0.39 is 0 Å². The van der Waals surface area contributed by atoms with Crippen molar-refractivity contribution in [2.75, 3.05) is 0 Å². The molecule has 2 aromatic carbocycles. The van der Waals surface area contributed by atoms with Gasteiger partial charge in [0.1, 0.15) is 11.6 Å². The molecule has 2 aromatic rings. The maximum Gasteiger partial charge on any atom is 0.127 e. The lowest BCUT2D eigenvalue weighted by Gasteiger charge is -2.36.